The van der Waals surface area contributed by atoms with Gasteiger partial charge < -0.3 is 19.5 Å². The van der Waals surface area contributed by atoms with Crippen LogP contribution in [0.25, 0.3) is 0 Å². The Hall–Kier alpha value is -1.76. The van der Waals surface area contributed by atoms with Crippen molar-refractivity contribution in [3.8, 4) is 11.5 Å². The summed E-state index contributed by atoms with van der Waals surface area (Å²) < 4.78 is 11.7. The maximum Gasteiger partial charge on any atom is 0.308 e. The van der Waals surface area contributed by atoms with E-state index in [0.717, 1.165) is 0 Å². The van der Waals surface area contributed by atoms with Crippen molar-refractivity contribution in [1.82, 2.24) is 4.90 Å². The van der Waals surface area contributed by atoms with Gasteiger partial charge in [0.15, 0.2) is 11.5 Å². The lowest BCUT2D eigenvalue weighted by Gasteiger charge is -2.35. The number of hydrogen-bond acceptors (Lipinski definition) is 4. The van der Waals surface area contributed by atoms with Gasteiger partial charge in [-0.1, -0.05) is 6.92 Å². The second-order valence-corrected chi connectivity index (χ2v) is 6.92. The monoisotopic (exact) mass is 383 g/mol. The molecule has 124 valence electrons. The number of halogens is 1. The molecule has 0 saturated carbocycles. The number of fused-ring (bicyclic) bond motifs is 1. The van der Waals surface area contributed by atoms with Crippen molar-refractivity contribution in [2.24, 2.45) is 11.8 Å². The lowest BCUT2D eigenvalue weighted by molar-refractivity contribution is -0.143. The summed E-state index contributed by atoms with van der Waals surface area (Å²) in [6.45, 7) is 3.69. The van der Waals surface area contributed by atoms with E-state index in [1.54, 1.807) is 17.0 Å². The zero-order chi connectivity index (χ0) is 16.6. The van der Waals surface area contributed by atoms with E-state index in [-0.39, 0.29) is 18.4 Å². The average Bonchev–Trinajstić information content (AvgIpc) is 2.53. The van der Waals surface area contributed by atoms with Gasteiger partial charge in [0.05, 0.1) is 10.4 Å². The van der Waals surface area contributed by atoms with Gasteiger partial charge in [-0.25, -0.2) is 0 Å². The van der Waals surface area contributed by atoms with E-state index in [2.05, 4.69) is 15.9 Å². The molecule has 23 heavy (non-hydrogen) atoms. The number of carboxylic acid groups (broad SMARTS) is 1. The summed E-state index contributed by atoms with van der Waals surface area (Å²) in [6.07, 6.45) is 0.601. The highest BCUT2D eigenvalue weighted by Gasteiger charge is 2.33. The molecule has 7 heteroatoms. The quantitative estimate of drug-likeness (QED) is 0.848. The SMILES string of the molecule is CC1CC(C(=O)O)CN(C(=O)c2cc(Br)c3c(c2)OCCO3)C1. The summed E-state index contributed by atoms with van der Waals surface area (Å²) in [5, 5.41) is 9.25. The smallest absolute Gasteiger partial charge is 0.308 e. The van der Waals surface area contributed by atoms with E-state index < -0.39 is 11.9 Å². The van der Waals surface area contributed by atoms with Gasteiger partial charge in [-0.15, -0.1) is 0 Å². The van der Waals surface area contributed by atoms with Crippen LogP contribution in [-0.2, 0) is 4.79 Å². The van der Waals surface area contributed by atoms with Crippen LogP contribution < -0.4 is 9.47 Å². The Kier molecular flexibility index (Phi) is 4.48. The van der Waals surface area contributed by atoms with Gasteiger partial charge in [0.1, 0.15) is 13.2 Å². The fourth-order valence-corrected chi connectivity index (χ4v) is 3.67. The van der Waals surface area contributed by atoms with Gasteiger partial charge in [-0.2, -0.15) is 0 Å². The van der Waals surface area contributed by atoms with Crippen molar-refractivity contribution >= 4 is 27.8 Å². The highest BCUT2D eigenvalue weighted by atomic mass is 79.9. The van der Waals surface area contributed by atoms with Crippen LogP contribution in [0, 0.1) is 11.8 Å². The lowest BCUT2D eigenvalue weighted by atomic mass is 9.90. The van der Waals surface area contributed by atoms with Crippen LogP contribution in [0.15, 0.2) is 16.6 Å². The summed E-state index contributed by atoms with van der Waals surface area (Å²) in [5.41, 5.74) is 0.472. The molecule has 2 heterocycles. The third kappa shape index (κ3) is 3.29. The van der Waals surface area contributed by atoms with Crippen molar-refractivity contribution in [2.45, 2.75) is 13.3 Å². The molecule has 3 rings (SSSR count). The molecular formula is C16H18BrNO5. The van der Waals surface area contributed by atoms with Crippen molar-refractivity contribution in [3.05, 3.63) is 22.2 Å². The number of ether oxygens (including phenoxy) is 2. The number of carbonyl (C=O) groups excluding carboxylic acids is 1. The van der Waals surface area contributed by atoms with Gasteiger partial charge in [-0.05, 0) is 40.4 Å². The van der Waals surface area contributed by atoms with Crippen LogP contribution in [0.2, 0.25) is 0 Å². The number of carboxylic acids is 1. The molecule has 2 aliphatic heterocycles. The number of rotatable bonds is 2. The zero-order valence-corrected chi connectivity index (χ0v) is 14.3. The van der Waals surface area contributed by atoms with E-state index >= 15 is 0 Å². The minimum absolute atomic E-state index is 0.162. The second kappa shape index (κ2) is 6.39. The normalized spacial score (nSPS) is 23.5. The van der Waals surface area contributed by atoms with E-state index in [9.17, 15) is 14.7 Å². The molecule has 2 aliphatic rings. The van der Waals surface area contributed by atoms with Crippen LogP contribution in [0.4, 0.5) is 0 Å². The molecule has 1 saturated heterocycles. The molecule has 1 aromatic carbocycles. The molecule has 0 radical (unpaired) electrons. The fraction of sp³-hybridized carbons (Fsp3) is 0.500. The fourth-order valence-electron chi connectivity index (χ4n) is 3.11. The third-order valence-electron chi connectivity index (χ3n) is 4.14. The maximum atomic E-state index is 12.8. The number of benzene rings is 1. The van der Waals surface area contributed by atoms with Crippen LogP contribution in [0.3, 0.4) is 0 Å². The van der Waals surface area contributed by atoms with Gasteiger partial charge in [0.25, 0.3) is 5.91 Å². The first-order chi connectivity index (χ1) is 11.0. The first-order valence-corrected chi connectivity index (χ1v) is 8.36. The number of nitrogens with zero attached hydrogens (tertiary/aromatic N) is 1. The van der Waals surface area contributed by atoms with Gasteiger partial charge >= 0.3 is 5.97 Å². The van der Waals surface area contributed by atoms with E-state index in [1.165, 1.54) is 0 Å². The number of hydrogen-bond donors (Lipinski definition) is 1. The molecule has 1 N–H and O–H groups in total. The van der Waals surface area contributed by atoms with Gasteiger partial charge in [0, 0.05) is 18.7 Å². The molecule has 1 fully saturated rings. The number of aliphatic carboxylic acids is 1. The van der Waals surface area contributed by atoms with Crippen LogP contribution in [-0.4, -0.2) is 48.2 Å². The Balaban J connectivity index is 1.85. The number of piperidine rings is 1. The summed E-state index contributed by atoms with van der Waals surface area (Å²) >= 11 is 3.40. The Labute approximate surface area is 142 Å². The highest BCUT2D eigenvalue weighted by Crippen LogP contribution is 2.39. The van der Waals surface area contributed by atoms with Crippen LogP contribution >= 0.6 is 15.9 Å². The second-order valence-electron chi connectivity index (χ2n) is 6.07. The van der Waals surface area contributed by atoms with E-state index in [0.29, 0.717) is 47.7 Å². The topological polar surface area (TPSA) is 76.1 Å². The van der Waals surface area contributed by atoms with Gasteiger partial charge in [-0.3, -0.25) is 9.59 Å². The number of amides is 1. The number of carbonyl (C=O) groups is 2. The predicted octanol–water partition coefficient (Wildman–Crippen LogP) is 2.40. The summed E-state index contributed by atoms with van der Waals surface area (Å²) in [7, 11) is 0. The molecule has 0 aromatic heterocycles. The molecular weight excluding hydrogens is 366 g/mol. The van der Waals surface area contributed by atoms with Crippen molar-refractivity contribution in [1.29, 1.82) is 0 Å². The van der Waals surface area contributed by atoms with E-state index in [1.807, 2.05) is 6.92 Å². The molecule has 1 amide bonds. The lowest BCUT2D eigenvalue weighted by Crippen LogP contribution is -2.45. The van der Waals surface area contributed by atoms with Crippen LogP contribution in [0.1, 0.15) is 23.7 Å². The standard InChI is InChI=1S/C16H18BrNO5/c1-9-4-11(16(20)21)8-18(7-9)15(19)10-5-12(17)14-13(6-10)22-2-3-23-14/h5-6,9,11H,2-4,7-8H2,1H3,(H,20,21). The third-order valence-corrected chi connectivity index (χ3v) is 4.73. The first kappa shape index (κ1) is 16.1. The molecule has 2 atom stereocenters. The largest absolute Gasteiger partial charge is 0.486 e. The highest BCUT2D eigenvalue weighted by molar-refractivity contribution is 9.10. The molecule has 0 aliphatic carbocycles. The molecule has 2 unspecified atom stereocenters. The molecule has 6 nitrogen and oxygen atoms in total. The Morgan fingerprint density at radius 3 is 2.74 bits per heavy atom. The van der Waals surface area contributed by atoms with Gasteiger partial charge in [0.2, 0.25) is 0 Å². The molecule has 0 bridgehead atoms. The average molecular weight is 384 g/mol. The summed E-state index contributed by atoms with van der Waals surface area (Å²) in [5.74, 6) is -0.243. The Morgan fingerprint density at radius 1 is 1.26 bits per heavy atom. The minimum atomic E-state index is -0.849. The molecule has 1 aromatic rings. The minimum Gasteiger partial charge on any atom is -0.486 e. The van der Waals surface area contributed by atoms with Crippen molar-refractivity contribution < 1.29 is 24.2 Å². The Bertz CT molecular complexity index is 648. The number of likely N-dealkylation sites (tertiary alicyclic amines) is 1. The van der Waals surface area contributed by atoms with Crippen LogP contribution in [0.5, 0.6) is 11.5 Å². The summed E-state index contributed by atoms with van der Waals surface area (Å²) in [4.78, 5) is 25.7. The first-order valence-electron chi connectivity index (χ1n) is 7.57. The zero-order valence-electron chi connectivity index (χ0n) is 12.8. The summed E-state index contributed by atoms with van der Waals surface area (Å²) in [6, 6.07) is 3.36. The molecule has 0 spiro atoms. The predicted molar refractivity (Wildman–Crippen MR) is 85.9 cm³/mol. The van der Waals surface area contributed by atoms with Crippen molar-refractivity contribution in [2.75, 3.05) is 26.3 Å². The van der Waals surface area contributed by atoms with Crippen molar-refractivity contribution in [3.63, 3.8) is 0 Å². The van der Waals surface area contributed by atoms with E-state index in [4.69, 9.17) is 9.47 Å². The maximum absolute atomic E-state index is 12.8. The Morgan fingerprint density at radius 2 is 2.00 bits per heavy atom.